The van der Waals surface area contributed by atoms with Crippen molar-refractivity contribution in [2.45, 2.75) is 11.7 Å². The van der Waals surface area contributed by atoms with E-state index in [0.29, 0.717) is 4.60 Å². The maximum Gasteiger partial charge on any atom is 0.237 e. The minimum Gasteiger partial charge on any atom is -0.266 e. The fraction of sp³-hybridized carbons (Fsp3) is 0.500. The van der Waals surface area contributed by atoms with Crippen molar-refractivity contribution in [1.82, 2.24) is 9.97 Å². The third kappa shape index (κ3) is 3.18. The fourth-order valence-electron chi connectivity index (χ4n) is 1.60. The molecule has 0 bridgehead atoms. The van der Waals surface area contributed by atoms with Gasteiger partial charge in [-0.3, -0.25) is 4.72 Å². The first kappa shape index (κ1) is 13.7. The smallest absolute Gasteiger partial charge is 0.237 e. The van der Waals surface area contributed by atoms with Crippen LogP contribution in [0.3, 0.4) is 0 Å². The quantitative estimate of drug-likeness (QED) is 0.828. The van der Waals surface area contributed by atoms with Crippen LogP contribution < -0.4 is 4.72 Å². The number of nitrogens with one attached hydrogen (secondary N) is 1. The lowest BCUT2D eigenvalue weighted by Gasteiger charge is -2.11. The molecule has 1 atom stereocenters. The van der Waals surface area contributed by atoms with Crippen LogP contribution in [0.4, 0.5) is 5.82 Å². The summed E-state index contributed by atoms with van der Waals surface area (Å²) in [7, 11) is -6.98. The van der Waals surface area contributed by atoms with Gasteiger partial charge in [0.1, 0.15) is 4.60 Å². The molecule has 0 aromatic carbocycles. The molecule has 2 rings (SSSR count). The van der Waals surface area contributed by atoms with Gasteiger partial charge in [-0.2, -0.15) is 0 Å². The summed E-state index contributed by atoms with van der Waals surface area (Å²) in [6.45, 7) is 0. The van der Waals surface area contributed by atoms with Crippen LogP contribution in [-0.2, 0) is 19.9 Å². The molecule has 100 valence electrons. The highest BCUT2D eigenvalue weighted by Crippen LogP contribution is 2.20. The van der Waals surface area contributed by atoms with Gasteiger partial charge < -0.3 is 0 Å². The van der Waals surface area contributed by atoms with Crippen molar-refractivity contribution in [1.29, 1.82) is 0 Å². The topological polar surface area (TPSA) is 106 Å². The maximum atomic E-state index is 11.9. The van der Waals surface area contributed by atoms with Crippen molar-refractivity contribution >= 4 is 41.6 Å². The van der Waals surface area contributed by atoms with Crippen LogP contribution in [0.1, 0.15) is 6.42 Å². The van der Waals surface area contributed by atoms with Gasteiger partial charge in [0, 0.05) is 0 Å². The van der Waals surface area contributed by atoms with Gasteiger partial charge in [-0.15, -0.1) is 0 Å². The third-order valence-corrected chi connectivity index (χ3v) is 6.66. The predicted octanol–water partition coefficient (Wildman–Crippen LogP) is 0.168. The van der Waals surface area contributed by atoms with Crippen LogP contribution in [0.15, 0.2) is 17.0 Å². The molecule has 1 aromatic heterocycles. The second kappa shape index (κ2) is 4.74. The Hall–Kier alpha value is -0.740. The average Bonchev–Trinajstić information content (AvgIpc) is 2.63. The highest BCUT2D eigenvalue weighted by molar-refractivity contribution is 9.10. The molecule has 1 unspecified atom stereocenters. The van der Waals surface area contributed by atoms with Crippen LogP contribution in [0, 0.1) is 0 Å². The van der Waals surface area contributed by atoms with E-state index in [0.717, 1.165) is 0 Å². The Balaban J connectivity index is 2.15. The van der Waals surface area contributed by atoms with Gasteiger partial charge in [-0.25, -0.2) is 26.8 Å². The zero-order chi connectivity index (χ0) is 13.4. The lowest BCUT2D eigenvalue weighted by molar-refractivity contribution is 0.587. The van der Waals surface area contributed by atoms with Gasteiger partial charge in [-0.05, 0) is 22.4 Å². The minimum absolute atomic E-state index is 0.0718. The molecule has 0 amide bonds. The van der Waals surface area contributed by atoms with Crippen molar-refractivity contribution in [3.05, 3.63) is 17.0 Å². The SMILES string of the molecule is O=S1(=O)CCC(S(=O)(=O)Nc2cnc(Br)cn2)C1. The Morgan fingerprint density at radius 2 is 2.06 bits per heavy atom. The van der Waals surface area contributed by atoms with E-state index in [-0.39, 0.29) is 23.7 Å². The highest BCUT2D eigenvalue weighted by Gasteiger charge is 2.37. The van der Waals surface area contributed by atoms with E-state index >= 15 is 0 Å². The van der Waals surface area contributed by atoms with Gasteiger partial charge in [-0.1, -0.05) is 0 Å². The van der Waals surface area contributed by atoms with E-state index in [9.17, 15) is 16.8 Å². The number of halogens is 1. The number of rotatable bonds is 3. The summed E-state index contributed by atoms with van der Waals surface area (Å²) in [6.07, 6.45) is 2.72. The monoisotopic (exact) mass is 355 g/mol. The summed E-state index contributed by atoms with van der Waals surface area (Å²) in [5.74, 6) is -0.362. The number of aromatic nitrogens is 2. The summed E-state index contributed by atoms with van der Waals surface area (Å²) in [5.41, 5.74) is 0. The number of anilines is 1. The minimum atomic E-state index is -3.74. The number of hydrogen-bond donors (Lipinski definition) is 1. The molecule has 1 fully saturated rings. The number of sulfone groups is 1. The van der Waals surface area contributed by atoms with Crippen LogP contribution in [-0.4, -0.2) is 43.6 Å². The molecule has 1 aliphatic rings. The second-order valence-corrected chi connectivity index (χ2v) is 8.90. The first-order valence-corrected chi connectivity index (χ1v) is 9.14. The van der Waals surface area contributed by atoms with Crippen molar-refractivity contribution in [3.63, 3.8) is 0 Å². The average molecular weight is 356 g/mol. The molecule has 2 heterocycles. The van der Waals surface area contributed by atoms with Crippen molar-refractivity contribution in [2.24, 2.45) is 0 Å². The Kier molecular flexibility index (Phi) is 3.60. The number of sulfonamides is 1. The molecule has 0 spiro atoms. The van der Waals surface area contributed by atoms with Gasteiger partial charge in [0.25, 0.3) is 0 Å². The van der Waals surface area contributed by atoms with E-state index in [1.165, 1.54) is 12.4 Å². The number of hydrogen-bond acceptors (Lipinski definition) is 6. The molecule has 0 radical (unpaired) electrons. The summed E-state index contributed by atoms with van der Waals surface area (Å²) >= 11 is 3.08. The van der Waals surface area contributed by atoms with E-state index in [1.807, 2.05) is 0 Å². The van der Waals surface area contributed by atoms with Gasteiger partial charge >= 0.3 is 0 Å². The largest absolute Gasteiger partial charge is 0.266 e. The number of nitrogens with zero attached hydrogens (tertiary/aromatic N) is 2. The fourth-order valence-corrected chi connectivity index (χ4v) is 5.83. The molecule has 10 heteroatoms. The van der Waals surface area contributed by atoms with Gasteiger partial charge in [0.15, 0.2) is 15.7 Å². The maximum absolute atomic E-state index is 11.9. The standard InChI is InChI=1S/C8H10BrN3O4S2/c9-7-3-11-8(4-10-7)12-18(15,16)6-1-2-17(13,14)5-6/h3-4,6H,1-2,5H2,(H,11,12). The molecule has 7 nitrogen and oxygen atoms in total. The summed E-state index contributed by atoms with van der Waals surface area (Å²) in [6, 6.07) is 0. The van der Waals surface area contributed by atoms with Crippen LogP contribution in [0.2, 0.25) is 0 Å². The lowest BCUT2D eigenvalue weighted by atomic mass is 10.4. The summed E-state index contributed by atoms with van der Waals surface area (Å²) < 4.78 is 49.1. The molecular formula is C8H10BrN3O4S2. The van der Waals surface area contributed by atoms with Crippen LogP contribution >= 0.6 is 15.9 Å². The first-order valence-electron chi connectivity index (χ1n) is 4.98. The lowest BCUT2D eigenvalue weighted by Crippen LogP contribution is -2.29. The first-order chi connectivity index (χ1) is 8.28. The van der Waals surface area contributed by atoms with E-state index in [1.54, 1.807) is 0 Å². The van der Waals surface area contributed by atoms with Crippen molar-refractivity contribution in [3.8, 4) is 0 Å². The zero-order valence-corrected chi connectivity index (χ0v) is 12.3. The van der Waals surface area contributed by atoms with E-state index < -0.39 is 25.1 Å². The molecule has 18 heavy (non-hydrogen) atoms. The Bertz CT molecular complexity index is 641. The van der Waals surface area contributed by atoms with E-state index in [4.69, 9.17) is 0 Å². The molecule has 0 saturated carbocycles. The normalized spacial score (nSPS) is 22.8. The summed E-state index contributed by atoms with van der Waals surface area (Å²) in [5, 5.41) is -0.923. The second-order valence-electron chi connectivity index (χ2n) is 3.90. The molecule has 1 N–H and O–H groups in total. The Morgan fingerprint density at radius 3 is 2.56 bits per heavy atom. The zero-order valence-electron chi connectivity index (χ0n) is 9.08. The van der Waals surface area contributed by atoms with Crippen LogP contribution in [0.5, 0.6) is 0 Å². The highest BCUT2D eigenvalue weighted by atomic mass is 79.9. The molecule has 1 aromatic rings. The van der Waals surface area contributed by atoms with Crippen LogP contribution in [0.25, 0.3) is 0 Å². The molecule has 1 aliphatic heterocycles. The van der Waals surface area contributed by atoms with Crippen molar-refractivity contribution < 1.29 is 16.8 Å². The van der Waals surface area contributed by atoms with Crippen molar-refractivity contribution in [2.75, 3.05) is 16.2 Å². The molecule has 0 aliphatic carbocycles. The van der Waals surface area contributed by atoms with Gasteiger partial charge in [0.2, 0.25) is 10.0 Å². The van der Waals surface area contributed by atoms with Gasteiger partial charge in [0.05, 0.1) is 29.1 Å². The summed E-state index contributed by atoms with van der Waals surface area (Å²) in [4.78, 5) is 7.65. The Labute approximate surface area is 113 Å². The molecule has 1 saturated heterocycles. The molecular weight excluding hydrogens is 346 g/mol. The van der Waals surface area contributed by atoms with E-state index in [2.05, 4.69) is 30.6 Å². The predicted molar refractivity (Wildman–Crippen MR) is 69.3 cm³/mol. The third-order valence-electron chi connectivity index (χ3n) is 2.50. The Morgan fingerprint density at radius 1 is 1.33 bits per heavy atom.